The van der Waals surface area contributed by atoms with Gasteiger partial charge in [-0.1, -0.05) is 13.3 Å². The summed E-state index contributed by atoms with van der Waals surface area (Å²) in [6.45, 7) is 5.16. The minimum Gasteiger partial charge on any atom is -0.394 e. The number of aliphatic hydroxyl groups excluding tert-OH is 1. The highest BCUT2D eigenvalue weighted by molar-refractivity contribution is 7.99. The van der Waals surface area contributed by atoms with E-state index in [-0.39, 0.29) is 18.0 Å². The molecular weight excluding hydrogens is 261 g/mol. The molecule has 0 saturated carbocycles. The van der Waals surface area contributed by atoms with E-state index in [4.69, 9.17) is 0 Å². The molecule has 1 rings (SSSR count). The van der Waals surface area contributed by atoms with E-state index in [1.54, 1.807) is 11.8 Å². The van der Waals surface area contributed by atoms with E-state index >= 15 is 0 Å². The van der Waals surface area contributed by atoms with Crippen molar-refractivity contribution in [3.05, 3.63) is 30.1 Å². The first-order valence-electron chi connectivity index (χ1n) is 6.84. The number of nitrogens with one attached hydrogen (secondary N) is 1. The molecule has 0 bridgehead atoms. The first-order chi connectivity index (χ1) is 9.09. The Bertz CT molecular complexity index is 358. The second-order valence-electron chi connectivity index (χ2n) is 5.01. The highest BCUT2D eigenvalue weighted by Crippen LogP contribution is 2.21. The van der Waals surface area contributed by atoms with Crippen LogP contribution in [0.4, 0.5) is 4.39 Å². The van der Waals surface area contributed by atoms with Crippen LogP contribution in [0.3, 0.4) is 0 Å². The fourth-order valence-corrected chi connectivity index (χ4v) is 2.90. The average Bonchev–Trinajstić information content (AvgIpc) is 2.41. The minimum absolute atomic E-state index is 0.157. The number of rotatable bonds is 9. The van der Waals surface area contributed by atoms with Crippen LogP contribution >= 0.6 is 11.8 Å². The third-order valence-electron chi connectivity index (χ3n) is 3.16. The van der Waals surface area contributed by atoms with Gasteiger partial charge in [-0.25, -0.2) is 4.39 Å². The van der Waals surface area contributed by atoms with Gasteiger partial charge in [0.1, 0.15) is 5.82 Å². The third kappa shape index (κ3) is 6.41. The first kappa shape index (κ1) is 16.5. The molecule has 0 saturated heterocycles. The molecule has 0 spiro atoms. The van der Waals surface area contributed by atoms with Crippen molar-refractivity contribution in [3.63, 3.8) is 0 Å². The van der Waals surface area contributed by atoms with Crippen molar-refractivity contribution in [1.29, 1.82) is 0 Å². The van der Waals surface area contributed by atoms with Crippen molar-refractivity contribution in [3.8, 4) is 0 Å². The Labute approximate surface area is 119 Å². The van der Waals surface area contributed by atoms with Gasteiger partial charge in [-0.3, -0.25) is 0 Å². The van der Waals surface area contributed by atoms with Crippen LogP contribution in [-0.4, -0.2) is 29.5 Å². The Morgan fingerprint density at radius 3 is 2.53 bits per heavy atom. The molecule has 0 aliphatic rings. The molecule has 4 heteroatoms. The maximum Gasteiger partial charge on any atom is 0.123 e. The normalized spacial score (nSPS) is 14.3. The van der Waals surface area contributed by atoms with Gasteiger partial charge >= 0.3 is 0 Å². The third-order valence-corrected chi connectivity index (χ3v) is 4.26. The highest BCUT2D eigenvalue weighted by Gasteiger charge is 2.20. The van der Waals surface area contributed by atoms with E-state index in [9.17, 15) is 9.50 Å². The molecular formula is C15H24FNOS. The first-order valence-corrected chi connectivity index (χ1v) is 7.82. The summed E-state index contributed by atoms with van der Waals surface area (Å²) in [5, 5.41) is 12.7. The largest absolute Gasteiger partial charge is 0.394 e. The van der Waals surface area contributed by atoms with Crippen LogP contribution in [0.5, 0.6) is 0 Å². The van der Waals surface area contributed by atoms with Gasteiger partial charge in [-0.05, 0) is 56.3 Å². The van der Waals surface area contributed by atoms with Crippen LogP contribution in [-0.2, 0) is 0 Å². The topological polar surface area (TPSA) is 32.3 Å². The lowest BCUT2D eigenvalue weighted by atomic mass is 9.96. The molecule has 108 valence electrons. The second-order valence-corrected chi connectivity index (χ2v) is 6.18. The van der Waals surface area contributed by atoms with Gasteiger partial charge in [0.25, 0.3) is 0 Å². The zero-order chi connectivity index (χ0) is 14.1. The number of thioether (sulfide) groups is 1. The molecule has 1 atom stereocenters. The van der Waals surface area contributed by atoms with Gasteiger partial charge in [0.05, 0.1) is 6.61 Å². The second kappa shape index (κ2) is 8.56. The number of halogens is 1. The molecule has 0 amide bonds. The maximum atomic E-state index is 12.7. The van der Waals surface area contributed by atoms with Crippen molar-refractivity contribution < 1.29 is 9.50 Å². The molecule has 1 aromatic rings. The van der Waals surface area contributed by atoms with Crippen LogP contribution in [0.25, 0.3) is 0 Å². The van der Waals surface area contributed by atoms with Gasteiger partial charge in [-0.2, -0.15) is 0 Å². The summed E-state index contributed by atoms with van der Waals surface area (Å²) in [4.78, 5) is 1.11. The molecule has 19 heavy (non-hydrogen) atoms. The van der Waals surface area contributed by atoms with Crippen LogP contribution in [0.1, 0.15) is 33.1 Å². The summed E-state index contributed by atoms with van der Waals surface area (Å²) in [7, 11) is 0. The number of likely N-dealkylation sites (N-methyl/N-ethyl adjacent to an activating group) is 1. The lowest BCUT2D eigenvalue weighted by molar-refractivity contribution is 0.165. The predicted octanol–water partition coefficient (Wildman–Crippen LogP) is 3.45. The minimum atomic E-state index is -0.186. The van der Waals surface area contributed by atoms with E-state index in [1.165, 1.54) is 12.1 Å². The Kier molecular flexibility index (Phi) is 7.42. The van der Waals surface area contributed by atoms with E-state index in [1.807, 2.05) is 12.1 Å². The number of unbranched alkanes of at least 4 members (excludes halogenated alkanes) is 1. The fourth-order valence-electron chi connectivity index (χ4n) is 1.99. The molecule has 1 unspecified atom stereocenters. The Morgan fingerprint density at radius 2 is 1.95 bits per heavy atom. The van der Waals surface area contributed by atoms with Gasteiger partial charge in [0, 0.05) is 10.4 Å². The smallest absolute Gasteiger partial charge is 0.123 e. The van der Waals surface area contributed by atoms with Crippen LogP contribution in [0.15, 0.2) is 29.2 Å². The Hall–Kier alpha value is -0.580. The predicted molar refractivity (Wildman–Crippen MR) is 80.1 cm³/mol. The fraction of sp³-hybridized carbons (Fsp3) is 0.600. The van der Waals surface area contributed by atoms with Crippen LogP contribution in [0.2, 0.25) is 0 Å². The van der Waals surface area contributed by atoms with Crippen molar-refractivity contribution in [2.75, 3.05) is 18.9 Å². The van der Waals surface area contributed by atoms with E-state index in [2.05, 4.69) is 19.2 Å². The molecule has 0 radical (unpaired) electrons. The summed E-state index contributed by atoms with van der Waals surface area (Å²) >= 11 is 1.75. The number of benzene rings is 1. The number of hydrogen-bond donors (Lipinski definition) is 2. The zero-order valence-corrected chi connectivity index (χ0v) is 12.6. The van der Waals surface area contributed by atoms with E-state index in [0.717, 1.165) is 36.5 Å². The van der Waals surface area contributed by atoms with Crippen LogP contribution < -0.4 is 5.32 Å². The standard InChI is InChI=1S/C15H24FNOS/c1-3-17-15(2,12-18)10-4-5-11-19-14-8-6-13(16)7-9-14/h6-9,17-18H,3-5,10-12H2,1-2H3. The van der Waals surface area contributed by atoms with E-state index < -0.39 is 0 Å². The molecule has 0 aliphatic heterocycles. The molecule has 0 aliphatic carbocycles. The van der Waals surface area contributed by atoms with Gasteiger partial charge in [0.2, 0.25) is 0 Å². The highest BCUT2D eigenvalue weighted by atomic mass is 32.2. The van der Waals surface area contributed by atoms with Gasteiger partial charge in [0.15, 0.2) is 0 Å². The zero-order valence-electron chi connectivity index (χ0n) is 11.8. The Morgan fingerprint density at radius 1 is 1.26 bits per heavy atom. The summed E-state index contributed by atoms with van der Waals surface area (Å²) in [6.07, 6.45) is 3.16. The monoisotopic (exact) mass is 285 g/mol. The number of hydrogen-bond acceptors (Lipinski definition) is 3. The molecule has 0 aromatic heterocycles. The lowest BCUT2D eigenvalue weighted by Gasteiger charge is -2.28. The SMILES string of the molecule is CCNC(C)(CO)CCCCSc1ccc(F)cc1. The summed E-state index contributed by atoms with van der Waals surface area (Å²) in [5.41, 5.74) is -0.157. The summed E-state index contributed by atoms with van der Waals surface area (Å²) in [5.74, 6) is 0.841. The lowest BCUT2D eigenvalue weighted by Crippen LogP contribution is -2.45. The van der Waals surface area contributed by atoms with Gasteiger partial charge < -0.3 is 10.4 Å². The van der Waals surface area contributed by atoms with Crippen molar-refractivity contribution in [2.45, 2.75) is 43.5 Å². The molecule has 1 aromatic carbocycles. The van der Waals surface area contributed by atoms with Crippen molar-refractivity contribution >= 4 is 11.8 Å². The molecule has 0 heterocycles. The average molecular weight is 285 g/mol. The van der Waals surface area contributed by atoms with Crippen LogP contribution in [0, 0.1) is 5.82 Å². The van der Waals surface area contributed by atoms with Gasteiger partial charge in [-0.15, -0.1) is 11.8 Å². The van der Waals surface area contributed by atoms with Crippen molar-refractivity contribution in [2.24, 2.45) is 0 Å². The number of aliphatic hydroxyl groups is 1. The van der Waals surface area contributed by atoms with E-state index in [0.29, 0.717) is 0 Å². The maximum absolute atomic E-state index is 12.7. The summed E-state index contributed by atoms with van der Waals surface area (Å²) < 4.78 is 12.7. The van der Waals surface area contributed by atoms with Crippen molar-refractivity contribution in [1.82, 2.24) is 5.32 Å². The quantitative estimate of drug-likeness (QED) is 0.538. The molecule has 2 N–H and O–H groups in total. The molecule has 2 nitrogen and oxygen atoms in total. The Balaban J connectivity index is 2.18. The summed E-state index contributed by atoms with van der Waals surface area (Å²) in [6, 6.07) is 6.62. The molecule has 0 fully saturated rings.